The van der Waals surface area contributed by atoms with Crippen LogP contribution < -0.4 is 19.5 Å². The number of nitrogens with one attached hydrogen (secondary N) is 1. The van der Waals surface area contributed by atoms with E-state index in [0.717, 1.165) is 15.6 Å². The number of halogens is 1. The third-order valence-electron chi connectivity index (χ3n) is 9.20. The zero-order chi connectivity index (χ0) is 31.5. The molecule has 0 aromatic heterocycles. The van der Waals surface area contributed by atoms with Gasteiger partial charge in [0.05, 0.1) is 33.3 Å². The van der Waals surface area contributed by atoms with Gasteiger partial charge in [0.1, 0.15) is 11.5 Å². The lowest BCUT2D eigenvalue weighted by molar-refractivity contribution is -0.122. The molecule has 8 nitrogen and oxygen atoms in total. The van der Waals surface area contributed by atoms with Gasteiger partial charge >= 0.3 is 0 Å². The van der Waals surface area contributed by atoms with Crippen LogP contribution in [-0.4, -0.2) is 49.7 Å². The Labute approximate surface area is 268 Å². The monoisotopic (exact) mass is 664 g/mol. The fourth-order valence-corrected chi connectivity index (χ4v) is 7.62. The van der Waals surface area contributed by atoms with Gasteiger partial charge in [-0.15, -0.1) is 0 Å². The highest BCUT2D eigenvalue weighted by molar-refractivity contribution is 9.10. The molecule has 4 aromatic rings. The van der Waals surface area contributed by atoms with E-state index >= 15 is 4.79 Å². The molecule has 1 saturated heterocycles. The lowest BCUT2D eigenvalue weighted by Crippen LogP contribution is -2.54. The van der Waals surface area contributed by atoms with Gasteiger partial charge in [-0.1, -0.05) is 70.5 Å². The number of hydrogen-bond acceptors (Lipinski definition) is 7. The summed E-state index contributed by atoms with van der Waals surface area (Å²) in [7, 11) is 4.47. The van der Waals surface area contributed by atoms with Crippen molar-refractivity contribution >= 4 is 45.2 Å². The van der Waals surface area contributed by atoms with Gasteiger partial charge in [0.15, 0.2) is 23.1 Å². The Kier molecular flexibility index (Phi) is 7.00. The Balaban J connectivity index is 1.53. The molecule has 1 fully saturated rings. The molecule has 0 bridgehead atoms. The van der Waals surface area contributed by atoms with Crippen LogP contribution in [0.4, 0.5) is 5.69 Å². The number of fused-ring (bicyclic) bond motifs is 5. The third-order valence-corrected chi connectivity index (χ3v) is 9.73. The first kappa shape index (κ1) is 28.9. The van der Waals surface area contributed by atoms with Gasteiger partial charge in [-0.2, -0.15) is 0 Å². The van der Waals surface area contributed by atoms with Crippen LogP contribution in [0.5, 0.6) is 17.2 Å². The third kappa shape index (κ3) is 4.14. The van der Waals surface area contributed by atoms with Gasteiger partial charge in [0.25, 0.3) is 0 Å². The Morgan fingerprint density at radius 2 is 1.49 bits per heavy atom. The summed E-state index contributed by atoms with van der Waals surface area (Å²) in [6.07, 6.45) is 3.79. The Bertz CT molecular complexity index is 1880. The largest absolute Gasteiger partial charge is 0.493 e. The van der Waals surface area contributed by atoms with Crippen molar-refractivity contribution in [2.75, 3.05) is 26.6 Å². The molecular formula is C36H29BrN2O6. The van der Waals surface area contributed by atoms with E-state index in [9.17, 15) is 9.59 Å². The van der Waals surface area contributed by atoms with Crippen molar-refractivity contribution in [2.45, 2.75) is 17.5 Å². The summed E-state index contributed by atoms with van der Waals surface area (Å²) in [5.74, 6) is -1.03. The number of nitrogens with zero attached hydrogens (tertiary/aromatic N) is 1. The standard InChI is InChI=1S/C36H29BrN2O6/c1-43-27-18-22(19-28(44-2)33(27)45-3)31(40)29-30-24-9-5-4-8-20(24)16-17-39(30)34(32(41)21-12-14-23(37)15-13-21)36(29)25-10-6-7-11-26(25)38-35(36)42/h4-19,29-30,34H,1-3H3,(H,38,42)/t29-,30+,34+,36+/m0/s1. The average molecular weight is 666 g/mol. The molecule has 1 spiro atoms. The summed E-state index contributed by atoms with van der Waals surface area (Å²) >= 11 is 3.46. The zero-order valence-electron chi connectivity index (χ0n) is 24.7. The maximum Gasteiger partial charge on any atom is 0.238 e. The number of Topliss-reactive ketones (excluding diaryl/α,β-unsaturated/α-hetero) is 2. The van der Waals surface area contributed by atoms with Gasteiger partial charge in [0.2, 0.25) is 11.7 Å². The van der Waals surface area contributed by atoms with Gasteiger partial charge < -0.3 is 24.4 Å². The molecule has 0 aliphatic carbocycles. The van der Waals surface area contributed by atoms with Gasteiger partial charge in [0, 0.05) is 27.5 Å². The minimum absolute atomic E-state index is 0.261. The van der Waals surface area contributed by atoms with E-state index in [1.807, 2.05) is 65.7 Å². The second-order valence-corrected chi connectivity index (χ2v) is 12.2. The Morgan fingerprint density at radius 3 is 2.18 bits per heavy atom. The van der Waals surface area contributed by atoms with Crippen LogP contribution in [0, 0.1) is 5.92 Å². The van der Waals surface area contributed by atoms with Gasteiger partial charge in [-0.05, 0) is 53.1 Å². The summed E-state index contributed by atoms with van der Waals surface area (Å²) in [4.78, 5) is 46.6. The average Bonchev–Trinajstić information content (AvgIpc) is 3.55. The molecule has 226 valence electrons. The lowest BCUT2D eigenvalue weighted by Gasteiger charge is -2.35. The highest BCUT2D eigenvalue weighted by Crippen LogP contribution is 2.61. The van der Waals surface area contributed by atoms with E-state index in [2.05, 4.69) is 21.2 Å². The van der Waals surface area contributed by atoms with E-state index in [-0.39, 0.29) is 17.1 Å². The number of anilines is 1. The van der Waals surface area contributed by atoms with Crippen LogP contribution in [0.2, 0.25) is 0 Å². The molecule has 4 atom stereocenters. The molecule has 3 heterocycles. The number of benzene rings is 4. The molecule has 3 aliphatic heterocycles. The van der Waals surface area contributed by atoms with Crippen molar-refractivity contribution in [3.63, 3.8) is 0 Å². The highest BCUT2D eigenvalue weighted by Gasteiger charge is 2.71. The maximum absolute atomic E-state index is 15.2. The second-order valence-electron chi connectivity index (χ2n) is 11.2. The smallest absolute Gasteiger partial charge is 0.238 e. The minimum Gasteiger partial charge on any atom is -0.493 e. The van der Waals surface area contributed by atoms with Crippen LogP contribution in [0.3, 0.4) is 0 Å². The van der Waals surface area contributed by atoms with Crippen LogP contribution in [0.25, 0.3) is 6.08 Å². The normalized spacial score (nSPS) is 22.4. The quantitative estimate of drug-likeness (QED) is 0.227. The van der Waals surface area contributed by atoms with Gasteiger partial charge in [-0.25, -0.2) is 0 Å². The molecule has 9 heteroatoms. The number of carbonyl (C=O) groups excluding carboxylic acids is 3. The number of amides is 1. The van der Waals surface area contributed by atoms with Crippen LogP contribution in [0.1, 0.15) is 43.4 Å². The first-order valence-electron chi connectivity index (χ1n) is 14.4. The molecule has 4 aromatic carbocycles. The van der Waals surface area contributed by atoms with Gasteiger partial charge in [-0.3, -0.25) is 14.4 Å². The number of ether oxygens (including phenoxy) is 3. The summed E-state index contributed by atoms with van der Waals surface area (Å²) < 4.78 is 17.5. The van der Waals surface area contributed by atoms with Crippen molar-refractivity contribution in [3.05, 3.63) is 123 Å². The molecule has 0 unspecified atom stereocenters. The molecule has 1 amide bonds. The molecule has 45 heavy (non-hydrogen) atoms. The number of ketones is 2. The van der Waals surface area contributed by atoms with E-state index in [1.54, 1.807) is 36.4 Å². The van der Waals surface area contributed by atoms with E-state index < -0.39 is 29.3 Å². The SMILES string of the molecule is COc1cc(C(=O)[C@@H]2[C@H]3c4ccccc4C=CN3[C@H](C(=O)c3ccc(Br)cc3)[C@]23C(=O)Nc2ccccc23)cc(OC)c1OC. The minimum atomic E-state index is -1.58. The summed E-state index contributed by atoms with van der Waals surface area (Å²) in [6, 6.07) is 23.7. The number of rotatable bonds is 7. The number of hydrogen-bond donors (Lipinski definition) is 1. The number of para-hydroxylation sites is 1. The van der Waals surface area contributed by atoms with Crippen LogP contribution in [0.15, 0.2) is 95.6 Å². The molecule has 0 saturated carbocycles. The Hall–Kier alpha value is -4.89. The van der Waals surface area contributed by atoms with Crippen molar-refractivity contribution in [3.8, 4) is 17.2 Å². The fraction of sp³-hybridized carbons (Fsp3) is 0.194. The predicted octanol–water partition coefficient (Wildman–Crippen LogP) is 6.46. The van der Waals surface area contributed by atoms with E-state index in [0.29, 0.717) is 34.1 Å². The topological polar surface area (TPSA) is 94.2 Å². The summed E-state index contributed by atoms with van der Waals surface area (Å²) in [5, 5.41) is 3.04. The van der Waals surface area contributed by atoms with Crippen molar-refractivity contribution < 1.29 is 28.6 Å². The van der Waals surface area contributed by atoms with Crippen molar-refractivity contribution in [1.29, 1.82) is 0 Å². The Morgan fingerprint density at radius 1 is 0.822 bits per heavy atom. The summed E-state index contributed by atoms with van der Waals surface area (Å²) in [5.41, 5.74) is 2.09. The second kappa shape index (κ2) is 10.9. The highest BCUT2D eigenvalue weighted by atomic mass is 79.9. The van der Waals surface area contributed by atoms with Crippen LogP contribution in [-0.2, 0) is 10.2 Å². The van der Waals surface area contributed by atoms with Crippen molar-refractivity contribution in [1.82, 2.24) is 4.90 Å². The van der Waals surface area contributed by atoms with Crippen LogP contribution >= 0.6 is 15.9 Å². The molecular weight excluding hydrogens is 636 g/mol. The number of carbonyl (C=O) groups is 3. The fourth-order valence-electron chi connectivity index (χ4n) is 7.35. The molecule has 3 aliphatic rings. The lowest BCUT2D eigenvalue weighted by atomic mass is 9.63. The first-order chi connectivity index (χ1) is 21.8. The maximum atomic E-state index is 15.2. The first-order valence-corrected chi connectivity index (χ1v) is 15.2. The van der Waals surface area contributed by atoms with Crippen molar-refractivity contribution in [2.24, 2.45) is 5.92 Å². The molecule has 1 N–H and O–H groups in total. The van der Waals surface area contributed by atoms with E-state index in [1.165, 1.54) is 21.3 Å². The molecule has 7 rings (SSSR count). The molecule has 0 radical (unpaired) electrons. The summed E-state index contributed by atoms with van der Waals surface area (Å²) in [6.45, 7) is 0. The number of methoxy groups -OCH3 is 3. The predicted molar refractivity (Wildman–Crippen MR) is 173 cm³/mol. The van der Waals surface area contributed by atoms with E-state index in [4.69, 9.17) is 14.2 Å². The zero-order valence-corrected chi connectivity index (χ0v) is 26.3.